The van der Waals surface area contributed by atoms with E-state index >= 15 is 0 Å². The lowest BCUT2D eigenvalue weighted by molar-refractivity contribution is 0.0528. The van der Waals surface area contributed by atoms with Crippen molar-refractivity contribution in [2.45, 2.75) is 13.3 Å². The number of aromatic nitrogens is 3. The fourth-order valence-electron chi connectivity index (χ4n) is 2.27. The first-order chi connectivity index (χ1) is 11.1. The Balaban J connectivity index is 2.07. The average Bonchev–Trinajstić information content (AvgIpc) is 2.96. The number of carbonyl (C=O) groups excluding carboxylic acids is 1. The first-order valence-corrected chi connectivity index (χ1v) is 7.80. The van der Waals surface area contributed by atoms with E-state index in [1.807, 2.05) is 30.3 Å². The van der Waals surface area contributed by atoms with Crippen molar-refractivity contribution >= 4 is 34.8 Å². The second-order valence-electron chi connectivity index (χ2n) is 4.85. The van der Waals surface area contributed by atoms with Crippen molar-refractivity contribution in [3.8, 4) is 0 Å². The monoisotopic (exact) mass is 349 g/mol. The average molecular weight is 350 g/mol. The van der Waals surface area contributed by atoms with Crippen LogP contribution in [-0.4, -0.2) is 27.2 Å². The number of hydrogen-bond donors (Lipinski definition) is 0. The summed E-state index contributed by atoms with van der Waals surface area (Å²) in [5, 5.41) is 4.71. The van der Waals surface area contributed by atoms with Gasteiger partial charge >= 0.3 is 5.97 Å². The molecule has 0 fully saturated rings. The molecule has 118 valence electrons. The Bertz CT molecular complexity index is 863. The molecule has 7 heteroatoms. The smallest absolute Gasteiger partial charge is 0.343 e. The van der Waals surface area contributed by atoms with Crippen molar-refractivity contribution in [1.82, 2.24) is 14.6 Å². The van der Waals surface area contributed by atoms with Crippen molar-refractivity contribution in [2.24, 2.45) is 0 Å². The summed E-state index contributed by atoms with van der Waals surface area (Å²) < 4.78 is 6.38. The second-order valence-corrected chi connectivity index (χ2v) is 5.56. The zero-order chi connectivity index (χ0) is 16.4. The fraction of sp³-hybridized carbons (Fsp3) is 0.188. The molecule has 0 aliphatic rings. The predicted octanol–water partition coefficient (Wildman–Crippen LogP) is 3.80. The molecule has 1 aromatic carbocycles. The summed E-state index contributed by atoms with van der Waals surface area (Å²) in [5.74, 6) is -0.502. The molecule has 0 radical (unpaired) electrons. The highest BCUT2D eigenvalue weighted by Crippen LogP contribution is 2.28. The molecule has 0 N–H and O–H groups in total. The third-order valence-electron chi connectivity index (χ3n) is 3.35. The lowest BCUT2D eigenvalue weighted by Gasteiger charge is -2.09. The number of nitrogens with zero attached hydrogens (tertiary/aromatic N) is 3. The highest BCUT2D eigenvalue weighted by atomic mass is 35.5. The van der Waals surface area contributed by atoms with Crippen LogP contribution >= 0.6 is 23.2 Å². The number of esters is 1. The van der Waals surface area contributed by atoms with Gasteiger partial charge in [-0.05, 0) is 12.5 Å². The van der Waals surface area contributed by atoms with Crippen LogP contribution in [0.4, 0.5) is 0 Å². The number of carbonyl (C=O) groups is 1. The highest BCUT2D eigenvalue weighted by Gasteiger charge is 2.20. The summed E-state index contributed by atoms with van der Waals surface area (Å²) in [6.45, 7) is 2.00. The number of fused-ring (bicyclic) bond motifs is 1. The molecule has 0 spiro atoms. The molecule has 0 saturated carbocycles. The third kappa shape index (κ3) is 3.02. The molecule has 0 amide bonds. The van der Waals surface area contributed by atoms with Gasteiger partial charge in [-0.1, -0.05) is 53.5 Å². The maximum Gasteiger partial charge on any atom is 0.343 e. The summed E-state index contributed by atoms with van der Waals surface area (Å²) in [7, 11) is 0. The molecule has 2 heterocycles. The van der Waals surface area contributed by atoms with Crippen molar-refractivity contribution < 1.29 is 9.53 Å². The van der Waals surface area contributed by atoms with Gasteiger partial charge in [0.25, 0.3) is 0 Å². The van der Waals surface area contributed by atoms with Gasteiger partial charge in [0.15, 0.2) is 5.65 Å². The minimum atomic E-state index is -0.502. The molecule has 2 aromatic heterocycles. The zero-order valence-corrected chi connectivity index (χ0v) is 13.8. The number of rotatable bonds is 4. The molecule has 23 heavy (non-hydrogen) atoms. The third-order valence-corrected chi connectivity index (χ3v) is 4.05. The Kier molecular flexibility index (Phi) is 4.50. The Labute approximate surface area is 142 Å². The van der Waals surface area contributed by atoms with Crippen molar-refractivity contribution in [2.75, 3.05) is 6.61 Å². The lowest BCUT2D eigenvalue weighted by Crippen LogP contribution is -2.06. The first kappa shape index (κ1) is 15.8. The summed E-state index contributed by atoms with van der Waals surface area (Å²) in [6, 6.07) is 9.77. The van der Waals surface area contributed by atoms with Crippen LogP contribution in [0.5, 0.6) is 0 Å². The van der Waals surface area contributed by atoms with Crippen LogP contribution in [0.15, 0.2) is 36.5 Å². The quantitative estimate of drug-likeness (QED) is 0.530. The standard InChI is InChI=1S/C16H13Cl2N3O2/c1-2-23-16(22)12-9-19-21-14(18)11(13(17)20-15(12)21)8-10-6-4-3-5-7-10/h3-7,9H,2,8H2,1H3. The number of ether oxygens (including phenoxy) is 1. The molecular formula is C16H13Cl2N3O2. The van der Waals surface area contributed by atoms with E-state index in [0.29, 0.717) is 17.1 Å². The van der Waals surface area contributed by atoms with Crippen LogP contribution in [0, 0.1) is 0 Å². The Morgan fingerprint density at radius 2 is 2.00 bits per heavy atom. The van der Waals surface area contributed by atoms with Gasteiger partial charge in [-0.2, -0.15) is 5.10 Å². The largest absolute Gasteiger partial charge is 0.462 e. The van der Waals surface area contributed by atoms with Gasteiger partial charge < -0.3 is 4.74 Å². The Morgan fingerprint density at radius 1 is 1.26 bits per heavy atom. The lowest BCUT2D eigenvalue weighted by atomic mass is 10.1. The molecule has 3 rings (SSSR count). The number of benzene rings is 1. The maximum absolute atomic E-state index is 11.9. The molecule has 0 saturated heterocycles. The molecule has 0 atom stereocenters. The van der Waals surface area contributed by atoms with Gasteiger partial charge in [-0.25, -0.2) is 14.3 Å². The van der Waals surface area contributed by atoms with Crippen LogP contribution in [0.25, 0.3) is 5.65 Å². The Morgan fingerprint density at radius 3 is 2.70 bits per heavy atom. The van der Waals surface area contributed by atoms with Crippen molar-refractivity contribution in [1.29, 1.82) is 0 Å². The van der Waals surface area contributed by atoms with E-state index in [4.69, 9.17) is 27.9 Å². The molecule has 0 aliphatic carbocycles. The fourth-order valence-corrected chi connectivity index (χ4v) is 2.83. The van der Waals surface area contributed by atoms with E-state index < -0.39 is 5.97 Å². The zero-order valence-electron chi connectivity index (χ0n) is 12.3. The number of hydrogen-bond acceptors (Lipinski definition) is 4. The minimum Gasteiger partial charge on any atom is -0.462 e. The van der Waals surface area contributed by atoms with Gasteiger partial charge in [0.05, 0.1) is 12.8 Å². The van der Waals surface area contributed by atoms with Gasteiger partial charge in [0.1, 0.15) is 15.9 Å². The minimum absolute atomic E-state index is 0.238. The van der Waals surface area contributed by atoms with Crippen molar-refractivity contribution in [3.63, 3.8) is 0 Å². The van der Waals surface area contributed by atoms with Crippen LogP contribution in [0.1, 0.15) is 28.4 Å². The van der Waals surface area contributed by atoms with Gasteiger partial charge in [-0.3, -0.25) is 0 Å². The summed E-state index contributed by atoms with van der Waals surface area (Å²) in [5.41, 5.74) is 2.23. The molecule has 0 aliphatic heterocycles. The Hall–Kier alpha value is -2.11. The van der Waals surface area contributed by atoms with E-state index in [9.17, 15) is 4.79 Å². The van der Waals surface area contributed by atoms with Crippen LogP contribution in [0.3, 0.4) is 0 Å². The second kappa shape index (κ2) is 6.56. The maximum atomic E-state index is 11.9. The van der Waals surface area contributed by atoms with Gasteiger partial charge in [-0.15, -0.1) is 0 Å². The van der Waals surface area contributed by atoms with E-state index in [-0.39, 0.29) is 23.0 Å². The predicted molar refractivity (Wildman–Crippen MR) is 88.2 cm³/mol. The van der Waals surface area contributed by atoms with E-state index in [1.165, 1.54) is 10.7 Å². The van der Waals surface area contributed by atoms with Crippen LogP contribution < -0.4 is 0 Å². The van der Waals surface area contributed by atoms with Crippen LogP contribution in [0.2, 0.25) is 10.3 Å². The molecule has 0 unspecified atom stereocenters. The van der Waals surface area contributed by atoms with Crippen LogP contribution in [-0.2, 0) is 11.2 Å². The number of halogens is 2. The molecular weight excluding hydrogens is 337 g/mol. The molecule has 3 aromatic rings. The first-order valence-electron chi connectivity index (χ1n) is 7.04. The molecule has 5 nitrogen and oxygen atoms in total. The van der Waals surface area contributed by atoms with E-state index in [1.54, 1.807) is 6.92 Å². The summed E-state index contributed by atoms with van der Waals surface area (Å²) >= 11 is 12.7. The highest BCUT2D eigenvalue weighted by molar-refractivity contribution is 6.35. The van der Waals surface area contributed by atoms with Crippen molar-refractivity contribution in [3.05, 3.63) is 63.5 Å². The van der Waals surface area contributed by atoms with Gasteiger partial charge in [0, 0.05) is 12.0 Å². The summed E-state index contributed by atoms with van der Waals surface area (Å²) in [6.07, 6.45) is 1.91. The molecule has 0 bridgehead atoms. The van der Waals surface area contributed by atoms with E-state index in [0.717, 1.165) is 5.56 Å². The summed E-state index contributed by atoms with van der Waals surface area (Å²) in [4.78, 5) is 16.2. The van der Waals surface area contributed by atoms with E-state index in [2.05, 4.69) is 10.1 Å². The normalized spacial score (nSPS) is 10.9. The van der Waals surface area contributed by atoms with Gasteiger partial charge in [0.2, 0.25) is 0 Å². The topological polar surface area (TPSA) is 56.5 Å². The SMILES string of the molecule is CCOC(=O)c1cnn2c(Cl)c(Cc3ccccc3)c(Cl)nc12.